The van der Waals surface area contributed by atoms with E-state index < -0.39 is 0 Å². The number of aryl methyl sites for hydroxylation is 1. The molecule has 1 heterocycles. The molecule has 3 rings (SSSR count). The Balaban J connectivity index is 1.94. The van der Waals surface area contributed by atoms with Gasteiger partial charge in [0.15, 0.2) is 0 Å². The van der Waals surface area contributed by atoms with Crippen molar-refractivity contribution in [2.24, 2.45) is 0 Å². The van der Waals surface area contributed by atoms with Crippen molar-refractivity contribution in [3.05, 3.63) is 66.4 Å². The van der Waals surface area contributed by atoms with Crippen LogP contribution in [-0.2, 0) is 6.42 Å². The molecule has 0 amide bonds. The number of nitrogens with one attached hydrogen (secondary N) is 1. The molecule has 94 valence electrons. The minimum atomic E-state index is 0.868. The van der Waals surface area contributed by atoms with E-state index in [4.69, 9.17) is 0 Å². The van der Waals surface area contributed by atoms with Crippen LogP contribution in [0, 0.1) is 0 Å². The summed E-state index contributed by atoms with van der Waals surface area (Å²) in [7, 11) is 0. The highest BCUT2D eigenvalue weighted by Gasteiger charge is 1.99. The van der Waals surface area contributed by atoms with Crippen molar-refractivity contribution in [1.29, 1.82) is 0 Å². The summed E-state index contributed by atoms with van der Waals surface area (Å²) >= 11 is 0. The van der Waals surface area contributed by atoms with E-state index in [9.17, 15) is 0 Å². The topological polar surface area (TPSA) is 24.9 Å². The number of nitrogens with zero attached hydrogens (tertiary/aromatic N) is 1. The summed E-state index contributed by atoms with van der Waals surface area (Å²) in [5.41, 5.74) is 2.44. The summed E-state index contributed by atoms with van der Waals surface area (Å²) in [6.45, 7) is 2.18. The Kier molecular flexibility index (Phi) is 3.15. The Labute approximate surface area is 113 Å². The monoisotopic (exact) mass is 248 g/mol. The van der Waals surface area contributed by atoms with E-state index in [1.54, 1.807) is 6.20 Å². The van der Waals surface area contributed by atoms with Crippen LogP contribution in [0.1, 0.15) is 12.5 Å². The zero-order chi connectivity index (χ0) is 13.1. The summed E-state index contributed by atoms with van der Waals surface area (Å²) < 4.78 is 0. The molecule has 2 aromatic carbocycles. The van der Waals surface area contributed by atoms with Gasteiger partial charge in [0.25, 0.3) is 0 Å². The molecule has 0 radical (unpaired) electrons. The minimum absolute atomic E-state index is 0.868. The third kappa shape index (κ3) is 2.58. The van der Waals surface area contributed by atoms with Gasteiger partial charge in [0, 0.05) is 11.9 Å². The van der Waals surface area contributed by atoms with Crippen molar-refractivity contribution in [2.45, 2.75) is 13.3 Å². The number of hydrogen-bond donors (Lipinski definition) is 1. The molecule has 0 aliphatic heterocycles. The molecular formula is C17H16N2. The number of hydrogen-bond acceptors (Lipinski definition) is 2. The number of aromatic nitrogens is 1. The summed E-state index contributed by atoms with van der Waals surface area (Å²) in [6, 6.07) is 18.9. The molecule has 0 atom stereocenters. The van der Waals surface area contributed by atoms with E-state index in [1.807, 2.05) is 18.2 Å². The average Bonchev–Trinajstić information content (AvgIpc) is 2.48. The molecular weight excluding hydrogens is 232 g/mol. The lowest BCUT2D eigenvalue weighted by Gasteiger charge is -2.07. The van der Waals surface area contributed by atoms with Crippen LogP contribution in [0.25, 0.3) is 10.8 Å². The molecule has 2 heteroatoms. The second-order valence-electron chi connectivity index (χ2n) is 4.59. The number of anilines is 2. The third-order valence-electron chi connectivity index (χ3n) is 3.25. The first-order chi connectivity index (χ1) is 9.35. The molecule has 0 aliphatic carbocycles. The zero-order valence-electron chi connectivity index (χ0n) is 10.9. The van der Waals surface area contributed by atoms with Crippen molar-refractivity contribution >= 4 is 22.3 Å². The van der Waals surface area contributed by atoms with Crippen LogP contribution in [0.15, 0.2) is 60.8 Å². The molecule has 0 bridgehead atoms. The Morgan fingerprint density at radius 1 is 0.947 bits per heavy atom. The van der Waals surface area contributed by atoms with Crippen LogP contribution in [0.5, 0.6) is 0 Å². The lowest BCUT2D eigenvalue weighted by Crippen LogP contribution is -1.92. The number of pyridine rings is 1. The van der Waals surface area contributed by atoms with E-state index in [0.29, 0.717) is 0 Å². The second kappa shape index (κ2) is 5.11. The second-order valence-corrected chi connectivity index (χ2v) is 4.59. The van der Waals surface area contributed by atoms with Crippen molar-refractivity contribution in [2.75, 3.05) is 5.32 Å². The summed E-state index contributed by atoms with van der Waals surface area (Å²) in [5.74, 6) is 0.868. The van der Waals surface area contributed by atoms with Gasteiger partial charge in [0.1, 0.15) is 5.82 Å². The van der Waals surface area contributed by atoms with E-state index >= 15 is 0 Å². The Bertz CT molecular complexity index is 690. The summed E-state index contributed by atoms with van der Waals surface area (Å²) in [4.78, 5) is 4.27. The number of rotatable bonds is 3. The van der Waals surface area contributed by atoms with Crippen LogP contribution in [0.4, 0.5) is 11.5 Å². The standard InChI is InChI=1S/C17H16N2/c1-2-13-6-7-15-12-16(9-8-14(15)11-13)19-17-5-3-4-10-18-17/h3-12H,2H2,1H3,(H,18,19). The van der Waals surface area contributed by atoms with E-state index in [-0.39, 0.29) is 0 Å². The largest absolute Gasteiger partial charge is 0.340 e. The SMILES string of the molecule is CCc1ccc2cc(Nc3ccccn3)ccc2c1. The maximum absolute atomic E-state index is 4.27. The predicted octanol–water partition coefficient (Wildman–Crippen LogP) is 4.54. The summed E-state index contributed by atoms with van der Waals surface area (Å²) in [6.07, 6.45) is 2.86. The first-order valence-electron chi connectivity index (χ1n) is 6.56. The van der Waals surface area contributed by atoms with Crippen LogP contribution in [0.2, 0.25) is 0 Å². The fourth-order valence-electron chi connectivity index (χ4n) is 2.18. The van der Waals surface area contributed by atoms with Crippen LogP contribution < -0.4 is 5.32 Å². The highest BCUT2D eigenvalue weighted by molar-refractivity contribution is 5.87. The van der Waals surface area contributed by atoms with Gasteiger partial charge in [-0.05, 0) is 47.0 Å². The zero-order valence-corrected chi connectivity index (χ0v) is 10.9. The Morgan fingerprint density at radius 3 is 2.58 bits per heavy atom. The highest BCUT2D eigenvalue weighted by atomic mass is 15.0. The van der Waals surface area contributed by atoms with Crippen molar-refractivity contribution in [1.82, 2.24) is 4.98 Å². The third-order valence-corrected chi connectivity index (χ3v) is 3.25. The molecule has 0 unspecified atom stereocenters. The van der Waals surface area contributed by atoms with E-state index in [0.717, 1.165) is 17.9 Å². The fraction of sp³-hybridized carbons (Fsp3) is 0.118. The smallest absolute Gasteiger partial charge is 0.130 e. The molecule has 0 fully saturated rings. The van der Waals surface area contributed by atoms with Gasteiger partial charge in [0.05, 0.1) is 0 Å². The summed E-state index contributed by atoms with van der Waals surface area (Å²) in [5, 5.41) is 5.85. The van der Waals surface area contributed by atoms with Crippen LogP contribution in [-0.4, -0.2) is 4.98 Å². The molecule has 1 N–H and O–H groups in total. The van der Waals surface area contributed by atoms with Crippen LogP contribution >= 0.6 is 0 Å². The Hall–Kier alpha value is -2.35. The lowest BCUT2D eigenvalue weighted by molar-refractivity contribution is 1.15. The van der Waals surface area contributed by atoms with Gasteiger partial charge in [-0.3, -0.25) is 0 Å². The molecule has 0 spiro atoms. The first kappa shape index (κ1) is 11.7. The lowest BCUT2D eigenvalue weighted by atomic mass is 10.1. The molecule has 1 aromatic heterocycles. The normalized spacial score (nSPS) is 10.6. The average molecular weight is 248 g/mol. The maximum Gasteiger partial charge on any atom is 0.130 e. The quantitative estimate of drug-likeness (QED) is 0.736. The van der Waals surface area contributed by atoms with Gasteiger partial charge in [-0.15, -0.1) is 0 Å². The molecule has 0 aliphatic rings. The van der Waals surface area contributed by atoms with E-state index in [2.05, 4.69) is 53.6 Å². The fourth-order valence-corrected chi connectivity index (χ4v) is 2.18. The van der Waals surface area contributed by atoms with Crippen molar-refractivity contribution < 1.29 is 0 Å². The minimum Gasteiger partial charge on any atom is -0.340 e. The van der Waals surface area contributed by atoms with Gasteiger partial charge in [-0.2, -0.15) is 0 Å². The molecule has 2 nitrogen and oxygen atoms in total. The molecule has 0 saturated heterocycles. The maximum atomic E-state index is 4.27. The van der Waals surface area contributed by atoms with E-state index in [1.165, 1.54) is 16.3 Å². The van der Waals surface area contributed by atoms with Crippen molar-refractivity contribution in [3.63, 3.8) is 0 Å². The van der Waals surface area contributed by atoms with Gasteiger partial charge in [-0.1, -0.05) is 37.3 Å². The number of fused-ring (bicyclic) bond motifs is 1. The number of benzene rings is 2. The molecule has 19 heavy (non-hydrogen) atoms. The predicted molar refractivity (Wildman–Crippen MR) is 80.8 cm³/mol. The molecule has 3 aromatic rings. The van der Waals surface area contributed by atoms with Gasteiger partial charge in [-0.25, -0.2) is 4.98 Å². The van der Waals surface area contributed by atoms with Crippen LogP contribution in [0.3, 0.4) is 0 Å². The first-order valence-corrected chi connectivity index (χ1v) is 6.56. The van der Waals surface area contributed by atoms with Gasteiger partial charge >= 0.3 is 0 Å². The van der Waals surface area contributed by atoms with Gasteiger partial charge in [0.2, 0.25) is 0 Å². The van der Waals surface area contributed by atoms with Crippen molar-refractivity contribution in [3.8, 4) is 0 Å². The van der Waals surface area contributed by atoms with Gasteiger partial charge < -0.3 is 5.32 Å². The Morgan fingerprint density at radius 2 is 1.79 bits per heavy atom. The molecule has 0 saturated carbocycles. The highest BCUT2D eigenvalue weighted by Crippen LogP contribution is 2.22.